The summed E-state index contributed by atoms with van der Waals surface area (Å²) < 4.78 is 0. The fourth-order valence-corrected chi connectivity index (χ4v) is 4.12. The van der Waals surface area contributed by atoms with Crippen LogP contribution in [0, 0.1) is 0 Å². The summed E-state index contributed by atoms with van der Waals surface area (Å²) in [6, 6.07) is 1.54. The topological polar surface area (TPSA) is 28.2 Å². The van der Waals surface area contributed by atoms with Crippen LogP contribution in [0.25, 0.3) is 0 Å². The maximum Gasteiger partial charge on any atom is 0.107 e. The Hall–Kier alpha value is -0.450. The predicted octanol–water partition coefficient (Wildman–Crippen LogP) is 2.42. The quantitative estimate of drug-likeness (QED) is 0.906. The SMILES string of the molecule is CCCc1csc(CN2C3CCNCC2CC3)n1. The summed E-state index contributed by atoms with van der Waals surface area (Å²) in [5.74, 6) is 0. The molecule has 2 bridgehead atoms. The second-order valence-electron chi connectivity index (χ2n) is 5.53. The van der Waals surface area contributed by atoms with Crippen molar-refractivity contribution >= 4 is 11.3 Å². The van der Waals surface area contributed by atoms with Gasteiger partial charge in [0, 0.05) is 24.0 Å². The molecule has 0 aromatic carbocycles. The van der Waals surface area contributed by atoms with Gasteiger partial charge in [0.05, 0.1) is 12.2 Å². The van der Waals surface area contributed by atoms with Crippen LogP contribution >= 0.6 is 11.3 Å². The molecule has 1 N–H and O–H groups in total. The maximum absolute atomic E-state index is 4.78. The molecule has 1 aromatic rings. The first-order valence-electron chi connectivity index (χ1n) is 7.26. The molecule has 2 atom stereocenters. The van der Waals surface area contributed by atoms with Crippen LogP contribution in [0.1, 0.15) is 43.3 Å². The summed E-state index contributed by atoms with van der Waals surface area (Å²) in [6.07, 6.45) is 6.39. The monoisotopic (exact) mass is 265 g/mol. The third kappa shape index (κ3) is 2.60. The van der Waals surface area contributed by atoms with E-state index in [-0.39, 0.29) is 0 Å². The molecule has 0 amide bonds. The summed E-state index contributed by atoms with van der Waals surface area (Å²) in [6.45, 7) is 5.66. The lowest BCUT2D eigenvalue weighted by Crippen LogP contribution is -2.37. The third-order valence-corrected chi connectivity index (χ3v) is 5.11. The lowest BCUT2D eigenvalue weighted by molar-refractivity contribution is 0.193. The van der Waals surface area contributed by atoms with Gasteiger partial charge in [0.25, 0.3) is 0 Å². The maximum atomic E-state index is 4.78. The molecule has 0 aliphatic carbocycles. The molecule has 0 spiro atoms. The average Bonchev–Trinajstić information content (AvgIpc) is 2.85. The Bertz CT molecular complexity index is 376. The van der Waals surface area contributed by atoms with Crippen LogP contribution in [0.5, 0.6) is 0 Å². The smallest absolute Gasteiger partial charge is 0.107 e. The molecular weight excluding hydrogens is 242 g/mol. The van der Waals surface area contributed by atoms with Crippen LogP contribution in [0.15, 0.2) is 5.38 Å². The fraction of sp³-hybridized carbons (Fsp3) is 0.786. The van der Waals surface area contributed by atoms with Gasteiger partial charge in [-0.05, 0) is 32.2 Å². The van der Waals surface area contributed by atoms with Crippen LogP contribution < -0.4 is 5.32 Å². The summed E-state index contributed by atoms with van der Waals surface area (Å²) >= 11 is 1.85. The van der Waals surface area contributed by atoms with E-state index >= 15 is 0 Å². The summed E-state index contributed by atoms with van der Waals surface area (Å²) in [7, 11) is 0. The summed E-state index contributed by atoms with van der Waals surface area (Å²) in [5.41, 5.74) is 1.29. The molecule has 0 radical (unpaired) electrons. The third-order valence-electron chi connectivity index (χ3n) is 4.23. The molecule has 0 saturated carbocycles. The molecule has 100 valence electrons. The Morgan fingerprint density at radius 3 is 3.17 bits per heavy atom. The van der Waals surface area contributed by atoms with Crippen molar-refractivity contribution in [2.24, 2.45) is 0 Å². The van der Waals surface area contributed by atoms with E-state index in [1.165, 1.54) is 49.5 Å². The van der Waals surface area contributed by atoms with E-state index < -0.39 is 0 Å². The van der Waals surface area contributed by atoms with Crippen LogP contribution in [-0.2, 0) is 13.0 Å². The number of fused-ring (bicyclic) bond motifs is 2. The molecular formula is C14H23N3S. The highest BCUT2D eigenvalue weighted by Gasteiger charge is 2.34. The van der Waals surface area contributed by atoms with E-state index in [4.69, 9.17) is 4.98 Å². The number of nitrogens with zero attached hydrogens (tertiary/aromatic N) is 2. The van der Waals surface area contributed by atoms with Crippen molar-refractivity contribution in [2.45, 2.75) is 57.7 Å². The second kappa shape index (κ2) is 5.68. The zero-order valence-electron chi connectivity index (χ0n) is 11.2. The van der Waals surface area contributed by atoms with Crippen LogP contribution in [-0.4, -0.2) is 35.1 Å². The van der Waals surface area contributed by atoms with E-state index in [1.807, 2.05) is 11.3 Å². The number of hydrogen-bond donors (Lipinski definition) is 1. The number of aromatic nitrogens is 1. The van der Waals surface area contributed by atoms with Crippen LogP contribution in [0.2, 0.25) is 0 Å². The number of thiazole rings is 1. The van der Waals surface area contributed by atoms with Crippen molar-refractivity contribution in [1.82, 2.24) is 15.2 Å². The first-order valence-corrected chi connectivity index (χ1v) is 8.14. The van der Waals surface area contributed by atoms with Gasteiger partial charge < -0.3 is 5.32 Å². The number of rotatable bonds is 4. The fourth-order valence-electron chi connectivity index (χ4n) is 3.29. The van der Waals surface area contributed by atoms with E-state index in [0.29, 0.717) is 0 Å². The number of nitrogens with one attached hydrogen (secondary N) is 1. The molecule has 2 aliphatic rings. The van der Waals surface area contributed by atoms with Gasteiger partial charge >= 0.3 is 0 Å². The molecule has 3 heterocycles. The molecule has 2 saturated heterocycles. The lowest BCUT2D eigenvalue weighted by Gasteiger charge is -2.26. The van der Waals surface area contributed by atoms with E-state index in [1.54, 1.807) is 0 Å². The largest absolute Gasteiger partial charge is 0.315 e. The highest BCUT2D eigenvalue weighted by atomic mass is 32.1. The van der Waals surface area contributed by atoms with Crippen molar-refractivity contribution in [2.75, 3.05) is 13.1 Å². The van der Waals surface area contributed by atoms with Crippen LogP contribution in [0.4, 0.5) is 0 Å². The molecule has 3 rings (SSSR count). The second-order valence-corrected chi connectivity index (χ2v) is 6.48. The predicted molar refractivity (Wildman–Crippen MR) is 75.9 cm³/mol. The van der Waals surface area contributed by atoms with Gasteiger partial charge in [0.1, 0.15) is 5.01 Å². The van der Waals surface area contributed by atoms with Crippen molar-refractivity contribution in [3.63, 3.8) is 0 Å². The Morgan fingerprint density at radius 2 is 2.28 bits per heavy atom. The molecule has 18 heavy (non-hydrogen) atoms. The Labute approximate surface area is 114 Å². The van der Waals surface area contributed by atoms with Gasteiger partial charge in [0.2, 0.25) is 0 Å². The van der Waals surface area contributed by atoms with E-state index in [9.17, 15) is 0 Å². The van der Waals surface area contributed by atoms with Gasteiger partial charge in [-0.1, -0.05) is 13.3 Å². The first-order chi connectivity index (χ1) is 8.86. The zero-order chi connectivity index (χ0) is 12.4. The van der Waals surface area contributed by atoms with E-state index in [2.05, 4.69) is 22.5 Å². The van der Waals surface area contributed by atoms with Crippen molar-refractivity contribution < 1.29 is 0 Å². The minimum absolute atomic E-state index is 0.746. The summed E-state index contributed by atoms with van der Waals surface area (Å²) in [4.78, 5) is 7.48. The Kier molecular flexibility index (Phi) is 3.97. The first kappa shape index (κ1) is 12.6. The number of hydrogen-bond acceptors (Lipinski definition) is 4. The van der Waals surface area contributed by atoms with Crippen molar-refractivity contribution in [3.05, 3.63) is 16.1 Å². The standard InChI is InChI=1S/C14H23N3S/c1-2-3-11-10-18-14(16-11)9-17-12-4-5-13(17)8-15-7-6-12/h10,12-13,15H,2-9H2,1H3. The van der Waals surface area contributed by atoms with Gasteiger partial charge in [-0.3, -0.25) is 4.90 Å². The normalized spacial score (nSPS) is 28.5. The average molecular weight is 265 g/mol. The molecule has 4 heteroatoms. The van der Waals surface area contributed by atoms with Crippen LogP contribution in [0.3, 0.4) is 0 Å². The Balaban J connectivity index is 1.67. The van der Waals surface area contributed by atoms with Gasteiger partial charge in [-0.15, -0.1) is 11.3 Å². The molecule has 1 aromatic heterocycles. The molecule has 2 fully saturated rings. The zero-order valence-corrected chi connectivity index (χ0v) is 12.0. The molecule has 3 nitrogen and oxygen atoms in total. The van der Waals surface area contributed by atoms with Gasteiger partial charge in [0.15, 0.2) is 0 Å². The number of aryl methyl sites for hydroxylation is 1. The van der Waals surface area contributed by atoms with E-state index in [0.717, 1.165) is 25.0 Å². The van der Waals surface area contributed by atoms with Gasteiger partial charge in [-0.25, -0.2) is 4.98 Å². The highest BCUT2D eigenvalue weighted by molar-refractivity contribution is 7.09. The summed E-state index contributed by atoms with van der Waals surface area (Å²) in [5, 5.41) is 7.13. The lowest BCUT2D eigenvalue weighted by atomic mass is 10.1. The van der Waals surface area contributed by atoms with Crippen molar-refractivity contribution in [1.29, 1.82) is 0 Å². The molecule has 2 aliphatic heterocycles. The van der Waals surface area contributed by atoms with Crippen molar-refractivity contribution in [3.8, 4) is 0 Å². The minimum atomic E-state index is 0.746. The highest BCUT2D eigenvalue weighted by Crippen LogP contribution is 2.30. The molecule has 2 unspecified atom stereocenters. The Morgan fingerprint density at radius 1 is 1.39 bits per heavy atom. The minimum Gasteiger partial charge on any atom is -0.315 e. The van der Waals surface area contributed by atoms with Gasteiger partial charge in [-0.2, -0.15) is 0 Å².